The zero-order chi connectivity index (χ0) is 7.28. The Hall–Kier alpha value is 0.0300. The Morgan fingerprint density at radius 2 is 2.44 bits per heavy atom. The van der Waals surface area contributed by atoms with Crippen LogP contribution in [-0.4, -0.2) is 17.8 Å². The summed E-state index contributed by atoms with van der Waals surface area (Å²) < 4.78 is 3.54. The van der Waals surface area contributed by atoms with E-state index in [0.29, 0.717) is 0 Å². The van der Waals surface area contributed by atoms with Gasteiger partial charge < -0.3 is 5.73 Å². The van der Waals surface area contributed by atoms with Crippen LogP contribution in [0.3, 0.4) is 0 Å². The maximum atomic E-state index is 10.4. The minimum absolute atomic E-state index is 0.194. The quantitative estimate of drug-likeness (QED) is 0.353. The van der Waals surface area contributed by atoms with Gasteiger partial charge in [-0.25, -0.2) is 4.79 Å². The highest BCUT2D eigenvalue weighted by Crippen LogP contribution is 1.90. The van der Waals surface area contributed by atoms with E-state index in [1.165, 1.54) is 0 Å². The van der Waals surface area contributed by atoms with E-state index in [1.54, 1.807) is 0 Å². The van der Waals surface area contributed by atoms with Gasteiger partial charge in [-0.3, -0.25) is 4.89 Å². The van der Waals surface area contributed by atoms with Crippen LogP contribution in [0.1, 0.15) is 0 Å². The summed E-state index contributed by atoms with van der Waals surface area (Å²) in [5.74, 6) is -0.543. The molecule has 0 aliphatic heterocycles. The lowest BCUT2D eigenvalue weighted by Crippen LogP contribution is -2.33. The van der Waals surface area contributed by atoms with Gasteiger partial charge >= 0.3 is 5.97 Å². The molecule has 0 aromatic carbocycles. The van der Waals surface area contributed by atoms with E-state index in [9.17, 15) is 4.79 Å². The number of hydrogen-bond acceptors (Lipinski definition) is 5. The van der Waals surface area contributed by atoms with Crippen LogP contribution in [0.5, 0.6) is 0 Å². The molecule has 0 saturated heterocycles. The summed E-state index contributed by atoms with van der Waals surface area (Å²) in [7, 11) is 0. The van der Waals surface area contributed by atoms with Crippen LogP contribution < -0.4 is 5.73 Å². The van der Waals surface area contributed by atoms with Crippen molar-refractivity contribution in [3.8, 4) is 0 Å². The molecule has 6 heteroatoms. The molecule has 0 spiro atoms. The maximum absolute atomic E-state index is 10.4. The fourth-order valence-corrected chi connectivity index (χ4v) is 0.379. The first-order valence-corrected chi connectivity index (χ1v) is 3.02. The van der Waals surface area contributed by atoms with Gasteiger partial charge in [0.15, 0.2) is 0 Å². The fraction of sp³-hybridized carbons (Fsp3) is 0.667. The first kappa shape index (κ1) is 9.03. The number of thiol groups is 1. The summed E-state index contributed by atoms with van der Waals surface area (Å²) in [6.07, 6.45) is 0. The van der Waals surface area contributed by atoms with Crippen LogP contribution in [0, 0.1) is 0 Å². The highest BCUT2D eigenvalue weighted by Gasteiger charge is 2.13. The van der Waals surface area contributed by atoms with Gasteiger partial charge in [-0.05, 0) is 0 Å². The average Bonchev–Trinajstić information content (AvgIpc) is 1.87. The minimum Gasteiger partial charge on any atom is -0.318 e. The lowest BCUT2D eigenvalue weighted by molar-refractivity contribution is -0.212. The third-order valence-electron chi connectivity index (χ3n) is 0.613. The van der Waals surface area contributed by atoms with Gasteiger partial charge in [-0.2, -0.15) is 12.6 Å². The molecule has 1 unspecified atom stereocenters. The number of carbonyl (C=O) groups is 1. The van der Waals surface area contributed by atoms with Crippen molar-refractivity contribution in [2.45, 2.75) is 6.04 Å². The molecular formula is C3H6ClNO3S. The SMILES string of the molecule is NC(CS)C(=O)OOCl. The summed E-state index contributed by atoms with van der Waals surface area (Å²) in [5, 5.41) is 0. The second kappa shape index (κ2) is 4.87. The number of hydrogen-bond donors (Lipinski definition) is 2. The summed E-state index contributed by atoms with van der Waals surface area (Å²) in [4.78, 5) is 14.2. The van der Waals surface area contributed by atoms with Crippen molar-refractivity contribution in [2.24, 2.45) is 5.73 Å². The van der Waals surface area contributed by atoms with Crippen molar-refractivity contribution in [1.29, 1.82) is 0 Å². The number of rotatable bonds is 3. The number of nitrogens with two attached hydrogens (primary N) is 1. The van der Waals surface area contributed by atoms with Crippen molar-refractivity contribution < 1.29 is 14.1 Å². The summed E-state index contributed by atoms with van der Waals surface area (Å²) in [6, 6.07) is -0.785. The van der Waals surface area contributed by atoms with Crippen molar-refractivity contribution >= 4 is 30.5 Å². The number of halogens is 1. The molecule has 0 rings (SSSR count). The molecule has 0 aliphatic carbocycles. The highest BCUT2D eigenvalue weighted by atomic mass is 35.5. The monoisotopic (exact) mass is 171 g/mol. The van der Waals surface area contributed by atoms with Gasteiger partial charge in [-0.15, -0.1) is 0 Å². The largest absolute Gasteiger partial charge is 0.361 e. The van der Waals surface area contributed by atoms with Crippen molar-refractivity contribution in [2.75, 3.05) is 5.75 Å². The van der Waals surface area contributed by atoms with Gasteiger partial charge in [-0.1, -0.05) is 4.44 Å². The normalized spacial score (nSPS) is 12.8. The molecule has 0 radical (unpaired) electrons. The third kappa shape index (κ3) is 3.58. The van der Waals surface area contributed by atoms with E-state index < -0.39 is 12.0 Å². The Bertz CT molecular complexity index is 101. The van der Waals surface area contributed by atoms with Crippen LogP contribution in [0.2, 0.25) is 0 Å². The molecule has 0 heterocycles. The average molecular weight is 172 g/mol. The molecule has 9 heavy (non-hydrogen) atoms. The Labute approximate surface area is 62.8 Å². The summed E-state index contributed by atoms with van der Waals surface area (Å²) in [6.45, 7) is 0. The predicted octanol–water partition coefficient (Wildman–Crippen LogP) is -0.128. The van der Waals surface area contributed by atoms with E-state index >= 15 is 0 Å². The lowest BCUT2D eigenvalue weighted by atomic mass is 10.4. The predicted molar refractivity (Wildman–Crippen MR) is 34.9 cm³/mol. The van der Waals surface area contributed by atoms with Crippen LogP contribution in [0.25, 0.3) is 0 Å². The van der Waals surface area contributed by atoms with Gasteiger partial charge in [0.2, 0.25) is 0 Å². The third-order valence-corrected chi connectivity index (χ3v) is 1.07. The standard InChI is InChI=1S/C3H6ClNO3S/c4-8-7-3(6)2(5)1-9/h2,9H,1,5H2. The Morgan fingerprint density at radius 1 is 1.89 bits per heavy atom. The Kier molecular flexibility index (Phi) is 4.88. The Morgan fingerprint density at radius 3 is 2.78 bits per heavy atom. The summed E-state index contributed by atoms with van der Waals surface area (Å²) in [5.41, 5.74) is 5.11. The molecule has 0 amide bonds. The zero-order valence-corrected chi connectivity index (χ0v) is 6.06. The topological polar surface area (TPSA) is 61.6 Å². The molecular weight excluding hydrogens is 166 g/mol. The van der Waals surface area contributed by atoms with Crippen LogP contribution in [0.4, 0.5) is 0 Å². The molecule has 54 valence electrons. The molecule has 0 aromatic rings. The fourth-order valence-electron chi connectivity index (χ4n) is 0.167. The van der Waals surface area contributed by atoms with E-state index in [-0.39, 0.29) is 5.75 Å². The van der Waals surface area contributed by atoms with Crippen molar-refractivity contribution in [3.05, 3.63) is 0 Å². The number of carbonyl (C=O) groups excluding carboxylic acids is 1. The molecule has 4 nitrogen and oxygen atoms in total. The van der Waals surface area contributed by atoms with Crippen LogP contribution in [0.15, 0.2) is 0 Å². The van der Waals surface area contributed by atoms with E-state index in [0.717, 1.165) is 0 Å². The van der Waals surface area contributed by atoms with Crippen LogP contribution >= 0.6 is 24.5 Å². The minimum atomic E-state index is -0.785. The molecule has 0 aliphatic rings. The van der Waals surface area contributed by atoms with Gasteiger partial charge in [0.25, 0.3) is 0 Å². The smallest absolute Gasteiger partial charge is 0.318 e. The second-order valence-corrected chi connectivity index (χ2v) is 1.75. The zero-order valence-electron chi connectivity index (χ0n) is 4.41. The molecule has 2 N–H and O–H groups in total. The van der Waals surface area contributed by atoms with E-state index in [2.05, 4.69) is 33.8 Å². The van der Waals surface area contributed by atoms with Gasteiger partial charge in [0.1, 0.15) is 17.9 Å². The van der Waals surface area contributed by atoms with Gasteiger partial charge in [0.05, 0.1) is 0 Å². The van der Waals surface area contributed by atoms with Crippen molar-refractivity contribution in [3.63, 3.8) is 0 Å². The molecule has 0 fully saturated rings. The van der Waals surface area contributed by atoms with E-state index in [1.807, 2.05) is 0 Å². The second-order valence-electron chi connectivity index (χ2n) is 1.25. The van der Waals surface area contributed by atoms with Crippen molar-refractivity contribution in [1.82, 2.24) is 0 Å². The van der Waals surface area contributed by atoms with Gasteiger partial charge in [0, 0.05) is 5.75 Å². The molecule has 0 aromatic heterocycles. The molecule has 1 atom stereocenters. The summed E-state index contributed by atoms with van der Waals surface area (Å²) >= 11 is 8.30. The first-order chi connectivity index (χ1) is 4.22. The lowest BCUT2D eigenvalue weighted by Gasteiger charge is -2.01. The maximum Gasteiger partial charge on any atom is 0.361 e. The van der Waals surface area contributed by atoms with E-state index in [4.69, 9.17) is 5.73 Å². The molecule has 0 bridgehead atoms. The highest BCUT2D eigenvalue weighted by molar-refractivity contribution is 7.80. The first-order valence-electron chi connectivity index (χ1n) is 2.08. The molecule has 0 saturated carbocycles. The van der Waals surface area contributed by atoms with Crippen LogP contribution in [-0.2, 0) is 14.1 Å². The Balaban J connectivity index is 3.46.